The molecule has 0 radical (unpaired) electrons. The molecule has 0 aliphatic rings. The van der Waals surface area contributed by atoms with Gasteiger partial charge in [0.1, 0.15) is 24.6 Å². The molecule has 35 heavy (non-hydrogen) atoms. The van der Waals surface area contributed by atoms with Crippen LogP contribution in [-0.2, 0) is 23.7 Å². The molecule has 0 spiro atoms. The molecule has 0 heterocycles. The first kappa shape index (κ1) is 28.8. The predicted octanol–water partition coefficient (Wildman–Crippen LogP) is 5.04. The van der Waals surface area contributed by atoms with Crippen LogP contribution in [0.4, 0.5) is 0 Å². The Morgan fingerprint density at radius 1 is 0.743 bits per heavy atom. The van der Waals surface area contributed by atoms with Gasteiger partial charge in [-0.3, -0.25) is 0 Å². The van der Waals surface area contributed by atoms with Gasteiger partial charge in [0.15, 0.2) is 0 Å². The molecule has 3 atom stereocenters. The highest BCUT2D eigenvalue weighted by Gasteiger charge is 2.18. The van der Waals surface area contributed by atoms with Crippen molar-refractivity contribution in [2.45, 2.75) is 25.0 Å². The van der Waals surface area contributed by atoms with E-state index in [-0.39, 0.29) is 18.1 Å². The van der Waals surface area contributed by atoms with Crippen molar-refractivity contribution in [1.82, 2.24) is 0 Å². The maximum Gasteiger partial charge on any atom is 0.123 e. The SMILES string of the molecule is C=CCOCC(COc1ccccc1C(C)c1ccccc1)OCC(COCC=C)OCCOC. The van der Waals surface area contributed by atoms with Crippen molar-refractivity contribution in [3.05, 3.63) is 91.0 Å². The Labute approximate surface area is 210 Å². The summed E-state index contributed by atoms with van der Waals surface area (Å²) in [5, 5.41) is 0. The van der Waals surface area contributed by atoms with E-state index >= 15 is 0 Å². The molecule has 6 nitrogen and oxygen atoms in total. The molecule has 192 valence electrons. The first-order valence-electron chi connectivity index (χ1n) is 12.1. The second kappa shape index (κ2) is 17.9. The van der Waals surface area contributed by atoms with Crippen LogP contribution < -0.4 is 4.74 Å². The van der Waals surface area contributed by atoms with E-state index in [0.717, 1.165) is 11.3 Å². The molecule has 6 heteroatoms. The molecule has 2 rings (SSSR count). The molecule has 2 aromatic carbocycles. The summed E-state index contributed by atoms with van der Waals surface area (Å²) in [7, 11) is 1.64. The van der Waals surface area contributed by atoms with Gasteiger partial charge in [-0.2, -0.15) is 0 Å². The smallest absolute Gasteiger partial charge is 0.123 e. The molecular weight excluding hydrogens is 444 g/mol. The third-order valence-corrected chi connectivity index (χ3v) is 5.35. The molecule has 0 aromatic heterocycles. The first-order valence-corrected chi connectivity index (χ1v) is 12.1. The number of benzene rings is 2. The van der Waals surface area contributed by atoms with Gasteiger partial charge in [-0.25, -0.2) is 0 Å². The van der Waals surface area contributed by atoms with Gasteiger partial charge in [0.05, 0.1) is 46.2 Å². The molecule has 3 unspecified atom stereocenters. The van der Waals surface area contributed by atoms with E-state index < -0.39 is 0 Å². The molecule has 0 aliphatic heterocycles. The molecule has 0 saturated heterocycles. The predicted molar refractivity (Wildman–Crippen MR) is 139 cm³/mol. The van der Waals surface area contributed by atoms with E-state index in [1.165, 1.54) is 5.56 Å². The summed E-state index contributed by atoms with van der Waals surface area (Å²) in [6, 6.07) is 18.5. The lowest BCUT2D eigenvalue weighted by Gasteiger charge is -2.24. The molecular formula is C29H40O6. The summed E-state index contributed by atoms with van der Waals surface area (Å²) >= 11 is 0. The highest BCUT2D eigenvalue weighted by atomic mass is 16.6. The molecule has 0 N–H and O–H groups in total. The van der Waals surface area contributed by atoms with Gasteiger partial charge in [-0.05, 0) is 11.6 Å². The minimum absolute atomic E-state index is 0.198. The number of rotatable bonds is 20. The fourth-order valence-electron chi connectivity index (χ4n) is 3.47. The molecule has 0 aliphatic carbocycles. The number of hydrogen-bond acceptors (Lipinski definition) is 6. The fraction of sp³-hybridized carbons (Fsp3) is 0.448. The minimum atomic E-state index is -0.289. The molecule has 0 bridgehead atoms. The number of para-hydroxylation sites is 1. The quantitative estimate of drug-likeness (QED) is 0.194. The van der Waals surface area contributed by atoms with E-state index in [1.807, 2.05) is 24.3 Å². The van der Waals surface area contributed by atoms with E-state index in [0.29, 0.717) is 52.9 Å². The third-order valence-electron chi connectivity index (χ3n) is 5.35. The van der Waals surface area contributed by atoms with Crippen molar-refractivity contribution < 1.29 is 28.4 Å². The first-order chi connectivity index (χ1) is 17.2. The van der Waals surface area contributed by atoms with Gasteiger partial charge in [-0.1, -0.05) is 67.6 Å². The molecule has 0 fully saturated rings. The third kappa shape index (κ3) is 11.2. The van der Waals surface area contributed by atoms with Crippen molar-refractivity contribution in [1.29, 1.82) is 0 Å². The lowest BCUT2D eigenvalue weighted by atomic mass is 9.92. The van der Waals surface area contributed by atoms with Crippen LogP contribution in [0.15, 0.2) is 79.9 Å². The highest BCUT2D eigenvalue weighted by molar-refractivity contribution is 5.41. The van der Waals surface area contributed by atoms with Gasteiger partial charge in [0.25, 0.3) is 0 Å². The summed E-state index contributed by atoms with van der Waals surface area (Å²) in [6.07, 6.45) is 2.90. The van der Waals surface area contributed by atoms with Crippen LogP contribution in [0, 0.1) is 0 Å². The van der Waals surface area contributed by atoms with Crippen LogP contribution in [0.5, 0.6) is 5.75 Å². The second-order valence-corrected chi connectivity index (χ2v) is 8.07. The van der Waals surface area contributed by atoms with Crippen molar-refractivity contribution in [3.8, 4) is 5.75 Å². The summed E-state index contributed by atoms with van der Waals surface area (Å²) < 4.78 is 34.6. The van der Waals surface area contributed by atoms with E-state index in [1.54, 1.807) is 19.3 Å². The highest BCUT2D eigenvalue weighted by Crippen LogP contribution is 2.31. The Morgan fingerprint density at radius 3 is 2.03 bits per heavy atom. The minimum Gasteiger partial charge on any atom is -0.490 e. The summed E-state index contributed by atoms with van der Waals surface area (Å²) in [5.41, 5.74) is 2.37. The largest absolute Gasteiger partial charge is 0.490 e. The average molecular weight is 485 g/mol. The number of methoxy groups -OCH3 is 1. The Kier molecular flexibility index (Phi) is 14.7. The van der Waals surface area contributed by atoms with Crippen LogP contribution in [0.3, 0.4) is 0 Å². The normalized spacial score (nSPS) is 13.7. The maximum absolute atomic E-state index is 6.27. The topological polar surface area (TPSA) is 55.4 Å². The lowest BCUT2D eigenvalue weighted by molar-refractivity contribution is -0.101. The average Bonchev–Trinajstić information content (AvgIpc) is 2.90. The second-order valence-electron chi connectivity index (χ2n) is 8.07. The van der Waals surface area contributed by atoms with Gasteiger partial charge in [0.2, 0.25) is 0 Å². The van der Waals surface area contributed by atoms with Crippen molar-refractivity contribution in [2.24, 2.45) is 0 Å². The van der Waals surface area contributed by atoms with Crippen LogP contribution in [0.1, 0.15) is 24.0 Å². The van der Waals surface area contributed by atoms with Gasteiger partial charge < -0.3 is 28.4 Å². The van der Waals surface area contributed by atoms with Crippen LogP contribution in [0.2, 0.25) is 0 Å². The van der Waals surface area contributed by atoms with E-state index in [9.17, 15) is 0 Å². The van der Waals surface area contributed by atoms with Crippen molar-refractivity contribution >= 4 is 0 Å². The van der Waals surface area contributed by atoms with E-state index in [2.05, 4.69) is 50.4 Å². The summed E-state index contributed by atoms with van der Waals surface area (Å²) in [6.45, 7) is 12.9. The van der Waals surface area contributed by atoms with Gasteiger partial charge in [0, 0.05) is 18.6 Å². The Bertz CT molecular complexity index is 825. The number of hydrogen-bond donors (Lipinski definition) is 0. The van der Waals surface area contributed by atoms with Crippen LogP contribution >= 0.6 is 0 Å². The Hall–Kier alpha value is -2.48. The summed E-state index contributed by atoms with van der Waals surface area (Å²) in [5.74, 6) is 1.03. The summed E-state index contributed by atoms with van der Waals surface area (Å²) in [4.78, 5) is 0. The van der Waals surface area contributed by atoms with Crippen LogP contribution in [0.25, 0.3) is 0 Å². The van der Waals surface area contributed by atoms with Gasteiger partial charge in [-0.15, -0.1) is 13.2 Å². The molecule has 0 saturated carbocycles. The molecule has 0 amide bonds. The lowest BCUT2D eigenvalue weighted by Crippen LogP contribution is -2.34. The maximum atomic E-state index is 6.27. The van der Waals surface area contributed by atoms with E-state index in [4.69, 9.17) is 28.4 Å². The van der Waals surface area contributed by atoms with Crippen molar-refractivity contribution in [3.63, 3.8) is 0 Å². The standard InChI is InChI=1S/C29H40O6/c1-5-16-31-20-26(33-19-18-30-4)22-34-27(21-32-17-6-2)23-35-29-15-11-10-14-28(29)24(3)25-12-8-7-9-13-25/h5-15,24,26-27H,1-2,16-23H2,3-4H3. The Balaban J connectivity index is 2.02. The zero-order chi connectivity index (χ0) is 25.1. The molecule has 2 aromatic rings. The monoisotopic (exact) mass is 484 g/mol. The Morgan fingerprint density at radius 2 is 1.37 bits per heavy atom. The number of ether oxygens (including phenoxy) is 6. The van der Waals surface area contributed by atoms with Crippen molar-refractivity contribution in [2.75, 3.05) is 60.0 Å². The van der Waals surface area contributed by atoms with Crippen LogP contribution in [-0.4, -0.2) is 72.2 Å². The fourth-order valence-corrected chi connectivity index (χ4v) is 3.47. The van der Waals surface area contributed by atoms with Gasteiger partial charge >= 0.3 is 0 Å². The zero-order valence-electron chi connectivity index (χ0n) is 21.1. The zero-order valence-corrected chi connectivity index (χ0v) is 21.1.